The molecule has 0 fully saturated rings. The molecule has 5 heteroatoms. The fourth-order valence-electron chi connectivity index (χ4n) is 2.62. The van der Waals surface area contributed by atoms with Crippen molar-refractivity contribution in [2.45, 2.75) is 32.0 Å². The van der Waals surface area contributed by atoms with Crippen LogP contribution in [0.3, 0.4) is 0 Å². The van der Waals surface area contributed by atoms with Crippen molar-refractivity contribution in [2.75, 3.05) is 6.54 Å². The average Bonchev–Trinajstić information content (AvgIpc) is 2.57. The Balaban J connectivity index is 2.02. The number of nitrogens with one attached hydrogen (secondary N) is 2. The van der Waals surface area contributed by atoms with Gasteiger partial charge in [-0.3, -0.25) is 0 Å². The monoisotopic (exact) mass is 328 g/mol. The minimum atomic E-state index is -1.13. The third-order valence-corrected chi connectivity index (χ3v) is 3.88. The quantitative estimate of drug-likeness (QED) is 0.599. The molecule has 0 aliphatic heterocycles. The van der Waals surface area contributed by atoms with E-state index in [9.17, 15) is 9.90 Å². The van der Waals surface area contributed by atoms with Crippen LogP contribution in [0.4, 0.5) is 4.79 Å². The Labute approximate surface area is 142 Å². The summed E-state index contributed by atoms with van der Waals surface area (Å²) in [6, 6.07) is 17.8. The van der Waals surface area contributed by atoms with Crippen molar-refractivity contribution < 1.29 is 15.0 Å². The van der Waals surface area contributed by atoms with E-state index < -0.39 is 12.2 Å². The van der Waals surface area contributed by atoms with Crippen molar-refractivity contribution in [1.29, 1.82) is 0 Å². The lowest BCUT2D eigenvalue weighted by molar-refractivity contribution is 0.120. The zero-order valence-electron chi connectivity index (χ0n) is 13.8. The van der Waals surface area contributed by atoms with E-state index in [0.29, 0.717) is 13.0 Å². The number of carbonyl (C=O) groups is 1. The van der Waals surface area contributed by atoms with Gasteiger partial charge in [0.2, 0.25) is 0 Å². The lowest BCUT2D eigenvalue weighted by Gasteiger charge is -2.24. The largest absolute Gasteiger partial charge is 0.465 e. The summed E-state index contributed by atoms with van der Waals surface area (Å²) in [5.41, 5.74) is 3.40. The lowest BCUT2D eigenvalue weighted by atomic mass is 10.0. The number of hydrogen-bond acceptors (Lipinski definition) is 3. The molecule has 24 heavy (non-hydrogen) atoms. The molecular formula is C19H24N2O3. The minimum absolute atomic E-state index is 0.00630. The first-order chi connectivity index (χ1) is 11.5. The molecular weight excluding hydrogens is 304 g/mol. The van der Waals surface area contributed by atoms with Crippen LogP contribution in [0.1, 0.15) is 16.7 Å². The molecule has 0 spiro atoms. The standard InChI is InChI=1S/C19H24N2O3/c1-14-6-5-9-16(10-14)12-20-17(18(22)13-21-19(23)24)11-15-7-3-2-4-8-15/h2-10,17-18,20-22H,11-13H2,1H3,(H,23,24)/t17?,18-/m1/s1. The second kappa shape index (κ2) is 9.05. The molecule has 2 rings (SSSR count). The second-order valence-corrected chi connectivity index (χ2v) is 5.92. The maximum atomic E-state index is 10.7. The molecule has 4 N–H and O–H groups in total. The van der Waals surface area contributed by atoms with Crippen molar-refractivity contribution in [3.8, 4) is 0 Å². The van der Waals surface area contributed by atoms with Gasteiger partial charge in [0.15, 0.2) is 0 Å². The molecule has 2 aromatic carbocycles. The number of benzene rings is 2. The van der Waals surface area contributed by atoms with Gasteiger partial charge in [-0.1, -0.05) is 60.2 Å². The minimum Gasteiger partial charge on any atom is -0.465 e. The number of carboxylic acid groups (broad SMARTS) is 1. The van der Waals surface area contributed by atoms with Gasteiger partial charge in [0.05, 0.1) is 6.10 Å². The summed E-state index contributed by atoms with van der Waals surface area (Å²) >= 11 is 0. The van der Waals surface area contributed by atoms with Gasteiger partial charge in [-0.25, -0.2) is 4.79 Å². The molecule has 1 amide bonds. The van der Waals surface area contributed by atoms with Crippen molar-refractivity contribution in [3.63, 3.8) is 0 Å². The summed E-state index contributed by atoms with van der Waals surface area (Å²) in [4.78, 5) is 10.7. The number of aryl methyl sites for hydroxylation is 1. The first kappa shape index (κ1) is 18.0. The van der Waals surface area contributed by atoms with Gasteiger partial charge in [0, 0.05) is 19.1 Å². The molecule has 128 valence electrons. The Morgan fingerprint density at radius 3 is 2.46 bits per heavy atom. The van der Waals surface area contributed by atoms with Crippen LogP contribution < -0.4 is 10.6 Å². The zero-order valence-corrected chi connectivity index (χ0v) is 13.8. The van der Waals surface area contributed by atoms with E-state index in [4.69, 9.17) is 5.11 Å². The Kier molecular flexibility index (Phi) is 6.78. The molecule has 1 unspecified atom stereocenters. The predicted octanol–water partition coefficient (Wildman–Crippen LogP) is 2.32. The molecule has 0 aromatic heterocycles. The van der Waals surface area contributed by atoms with Crippen LogP contribution in [0.25, 0.3) is 0 Å². The van der Waals surface area contributed by atoms with Crippen LogP contribution in [-0.2, 0) is 13.0 Å². The van der Waals surface area contributed by atoms with Gasteiger partial charge >= 0.3 is 6.09 Å². The molecule has 0 aliphatic carbocycles. The van der Waals surface area contributed by atoms with E-state index in [1.54, 1.807) is 0 Å². The average molecular weight is 328 g/mol. The molecule has 0 bridgehead atoms. The summed E-state index contributed by atoms with van der Waals surface area (Å²) in [7, 11) is 0. The van der Waals surface area contributed by atoms with Crippen LogP contribution in [0.2, 0.25) is 0 Å². The zero-order chi connectivity index (χ0) is 17.4. The summed E-state index contributed by atoms with van der Waals surface area (Å²) < 4.78 is 0. The van der Waals surface area contributed by atoms with E-state index >= 15 is 0 Å². The third kappa shape index (κ3) is 6.02. The summed E-state index contributed by atoms with van der Waals surface area (Å²) in [5.74, 6) is 0. The highest BCUT2D eigenvalue weighted by Crippen LogP contribution is 2.09. The Hall–Kier alpha value is -2.37. The molecule has 0 saturated carbocycles. The van der Waals surface area contributed by atoms with Gasteiger partial charge in [0.25, 0.3) is 0 Å². The SMILES string of the molecule is Cc1cccc(CNC(Cc2ccccc2)[C@H](O)CNC(=O)O)c1. The van der Waals surface area contributed by atoms with Gasteiger partial charge in [0.1, 0.15) is 0 Å². The van der Waals surface area contributed by atoms with Gasteiger partial charge < -0.3 is 20.8 Å². The van der Waals surface area contributed by atoms with Gasteiger partial charge in [-0.05, 0) is 24.5 Å². The highest BCUT2D eigenvalue weighted by atomic mass is 16.4. The fourth-order valence-corrected chi connectivity index (χ4v) is 2.62. The topological polar surface area (TPSA) is 81.6 Å². The molecule has 2 atom stereocenters. The van der Waals surface area contributed by atoms with Crippen LogP contribution in [0, 0.1) is 6.92 Å². The van der Waals surface area contributed by atoms with Crippen molar-refractivity contribution >= 4 is 6.09 Å². The summed E-state index contributed by atoms with van der Waals surface area (Å²) in [6.07, 6.45) is -1.33. The second-order valence-electron chi connectivity index (χ2n) is 5.92. The Morgan fingerprint density at radius 1 is 1.08 bits per heavy atom. The van der Waals surface area contributed by atoms with E-state index in [2.05, 4.69) is 16.7 Å². The van der Waals surface area contributed by atoms with E-state index in [-0.39, 0.29) is 12.6 Å². The van der Waals surface area contributed by atoms with Crippen LogP contribution in [0.15, 0.2) is 54.6 Å². The highest BCUT2D eigenvalue weighted by Gasteiger charge is 2.20. The van der Waals surface area contributed by atoms with Crippen molar-refractivity contribution in [2.24, 2.45) is 0 Å². The number of hydrogen-bond donors (Lipinski definition) is 4. The maximum absolute atomic E-state index is 10.7. The fraction of sp³-hybridized carbons (Fsp3) is 0.316. The number of amides is 1. The number of aliphatic hydroxyl groups is 1. The van der Waals surface area contributed by atoms with Crippen LogP contribution in [0.5, 0.6) is 0 Å². The smallest absolute Gasteiger partial charge is 0.404 e. The lowest BCUT2D eigenvalue weighted by Crippen LogP contribution is -2.47. The van der Waals surface area contributed by atoms with Crippen molar-refractivity contribution in [3.05, 3.63) is 71.3 Å². The number of rotatable bonds is 8. The maximum Gasteiger partial charge on any atom is 0.404 e. The van der Waals surface area contributed by atoms with E-state index in [0.717, 1.165) is 11.1 Å². The molecule has 0 radical (unpaired) electrons. The van der Waals surface area contributed by atoms with E-state index in [1.807, 2.05) is 55.5 Å². The third-order valence-electron chi connectivity index (χ3n) is 3.88. The number of aliphatic hydroxyl groups excluding tert-OH is 1. The van der Waals surface area contributed by atoms with Crippen LogP contribution in [-0.4, -0.2) is 35.0 Å². The normalized spacial score (nSPS) is 13.2. The van der Waals surface area contributed by atoms with Gasteiger partial charge in [-0.15, -0.1) is 0 Å². The molecule has 0 aliphatic rings. The molecule has 5 nitrogen and oxygen atoms in total. The molecule has 2 aromatic rings. The first-order valence-corrected chi connectivity index (χ1v) is 8.02. The summed E-state index contributed by atoms with van der Waals surface area (Å²) in [5, 5.41) is 24.7. The predicted molar refractivity (Wildman–Crippen MR) is 94.0 cm³/mol. The first-order valence-electron chi connectivity index (χ1n) is 8.02. The van der Waals surface area contributed by atoms with Crippen molar-refractivity contribution in [1.82, 2.24) is 10.6 Å². The van der Waals surface area contributed by atoms with E-state index in [1.165, 1.54) is 5.56 Å². The Morgan fingerprint density at radius 2 is 1.79 bits per heavy atom. The molecule has 0 heterocycles. The summed E-state index contributed by atoms with van der Waals surface area (Å²) in [6.45, 7) is 2.65. The van der Waals surface area contributed by atoms with Crippen LogP contribution >= 0.6 is 0 Å². The Bertz CT molecular complexity index is 646. The van der Waals surface area contributed by atoms with Gasteiger partial charge in [-0.2, -0.15) is 0 Å². The molecule has 0 saturated heterocycles. The highest BCUT2D eigenvalue weighted by molar-refractivity contribution is 5.64.